The highest BCUT2D eigenvalue weighted by atomic mass is 16.2. The third-order valence-corrected chi connectivity index (χ3v) is 1.82. The van der Waals surface area contributed by atoms with E-state index in [4.69, 9.17) is 0 Å². The zero-order chi connectivity index (χ0) is 9.84. The number of aromatic nitrogens is 2. The Labute approximate surface area is 77.1 Å². The van der Waals surface area contributed by atoms with Crippen LogP contribution in [0.15, 0.2) is 6.20 Å². The number of nitrogens with zero attached hydrogens (tertiary/aromatic N) is 2. The first-order valence-electron chi connectivity index (χ1n) is 4.18. The summed E-state index contributed by atoms with van der Waals surface area (Å²) in [7, 11) is 1.83. The van der Waals surface area contributed by atoms with Gasteiger partial charge in [0.2, 0.25) is 0 Å². The molecule has 0 bridgehead atoms. The fraction of sp³-hybridized carbons (Fsp3) is 0.500. The molecule has 0 saturated heterocycles. The molecule has 1 heterocycles. The topological polar surface area (TPSA) is 59.0 Å². The molecule has 72 valence electrons. The maximum absolute atomic E-state index is 11.1. The molecule has 2 N–H and O–H groups in total. The van der Waals surface area contributed by atoms with Gasteiger partial charge in [0.15, 0.2) is 0 Å². The predicted octanol–water partition coefficient (Wildman–Crippen LogP) is 0.870. The highest BCUT2D eigenvalue weighted by molar-refractivity contribution is 5.89. The van der Waals surface area contributed by atoms with Crippen LogP contribution in [0.25, 0.3) is 0 Å². The van der Waals surface area contributed by atoms with Gasteiger partial charge in [0.25, 0.3) is 0 Å². The lowest BCUT2D eigenvalue weighted by atomic mass is 10.4. The van der Waals surface area contributed by atoms with E-state index in [9.17, 15) is 4.79 Å². The Hall–Kier alpha value is -1.52. The second-order valence-corrected chi connectivity index (χ2v) is 2.75. The van der Waals surface area contributed by atoms with E-state index < -0.39 is 0 Å². The van der Waals surface area contributed by atoms with Crippen LogP contribution < -0.4 is 10.6 Å². The summed E-state index contributed by atoms with van der Waals surface area (Å²) in [5.74, 6) is 0. The Balaban J connectivity index is 2.64. The molecule has 0 aliphatic heterocycles. The summed E-state index contributed by atoms with van der Waals surface area (Å²) in [5.41, 5.74) is 1.68. The molecule has 0 fully saturated rings. The van der Waals surface area contributed by atoms with Gasteiger partial charge < -0.3 is 10.6 Å². The van der Waals surface area contributed by atoms with E-state index in [2.05, 4.69) is 15.7 Å². The molecule has 0 atom stereocenters. The van der Waals surface area contributed by atoms with Crippen molar-refractivity contribution in [2.75, 3.05) is 11.9 Å². The van der Waals surface area contributed by atoms with Crippen LogP contribution in [0, 0.1) is 6.92 Å². The molecule has 0 aliphatic rings. The average Bonchev–Trinajstić information content (AvgIpc) is 2.37. The average molecular weight is 182 g/mol. The number of amides is 2. The molecule has 0 aromatic carbocycles. The van der Waals surface area contributed by atoms with Crippen LogP contribution in [0.3, 0.4) is 0 Å². The van der Waals surface area contributed by atoms with E-state index in [0.717, 1.165) is 11.4 Å². The molecule has 0 radical (unpaired) electrons. The lowest BCUT2D eigenvalue weighted by Crippen LogP contribution is -2.28. The van der Waals surface area contributed by atoms with Crippen molar-refractivity contribution in [2.24, 2.45) is 7.05 Å². The first-order valence-corrected chi connectivity index (χ1v) is 4.18. The van der Waals surface area contributed by atoms with Gasteiger partial charge in [0.1, 0.15) is 0 Å². The second kappa shape index (κ2) is 3.93. The van der Waals surface area contributed by atoms with Crippen LogP contribution in [0.5, 0.6) is 0 Å². The second-order valence-electron chi connectivity index (χ2n) is 2.75. The number of rotatable bonds is 2. The van der Waals surface area contributed by atoms with Gasteiger partial charge in [0.05, 0.1) is 17.6 Å². The van der Waals surface area contributed by atoms with Crippen molar-refractivity contribution < 1.29 is 4.79 Å². The predicted molar refractivity (Wildman–Crippen MR) is 50.6 cm³/mol. The van der Waals surface area contributed by atoms with Gasteiger partial charge in [-0.15, -0.1) is 0 Å². The van der Waals surface area contributed by atoms with Crippen molar-refractivity contribution in [2.45, 2.75) is 13.8 Å². The third kappa shape index (κ3) is 2.21. The quantitative estimate of drug-likeness (QED) is 0.713. The van der Waals surface area contributed by atoms with E-state index in [-0.39, 0.29) is 6.03 Å². The summed E-state index contributed by atoms with van der Waals surface area (Å²) < 4.78 is 1.71. The van der Waals surface area contributed by atoms with Gasteiger partial charge in [0, 0.05) is 13.6 Å². The highest BCUT2D eigenvalue weighted by Gasteiger charge is 2.05. The van der Waals surface area contributed by atoms with Gasteiger partial charge in [-0.25, -0.2) is 4.79 Å². The molecular formula is C8H14N4O. The third-order valence-electron chi connectivity index (χ3n) is 1.82. The Morgan fingerprint density at radius 1 is 1.69 bits per heavy atom. The van der Waals surface area contributed by atoms with Gasteiger partial charge >= 0.3 is 6.03 Å². The number of urea groups is 1. The normalized spacial score (nSPS) is 9.77. The largest absolute Gasteiger partial charge is 0.338 e. The van der Waals surface area contributed by atoms with E-state index in [0.29, 0.717) is 6.54 Å². The standard InChI is InChI=1S/C8H14N4O/c1-4-9-8(13)11-7-5-10-12(3)6(7)2/h5H,4H2,1-3H3,(H2,9,11,13). The van der Waals surface area contributed by atoms with Crippen molar-refractivity contribution in [3.05, 3.63) is 11.9 Å². The first kappa shape index (κ1) is 9.57. The fourth-order valence-corrected chi connectivity index (χ4v) is 0.948. The van der Waals surface area contributed by atoms with Crippen LogP contribution in [0.1, 0.15) is 12.6 Å². The number of hydrogen-bond acceptors (Lipinski definition) is 2. The fourth-order valence-electron chi connectivity index (χ4n) is 0.948. The SMILES string of the molecule is CCNC(=O)Nc1cnn(C)c1C. The summed E-state index contributed by atoms with van der Waals surface area (Å²) in [6.45, 7) is 4.38. The smallest absolute Gasteiger partial charge is 0.319 e. The maximum atomic E-state index is 11.1. The molecule has 1 aromatic rings. The molecular weight excluding hydrogens is 168 g/mol. The molecule has 13 heavy (non-hydrogen) atoms. The van der Waals surface area contributed by atoms with Crippen LogP contribution in [0.4, 0.5) is 10.5 Å². The molecule has 2 amide bonds. The molecule has 0 unspecified atom stereocenters. The maximum Gasteiger partial charge on any atom is 0.319 e. The van der Waals surface area contributed by atoms with Crippen molar-refractivity contribution in [1.82, 2.24) is 15.1 Å². The van der Waals surface area contributed by atoms with E-state index >= 15 is 0 Å². The Kier molecular flexibility index (Phi) is 2.89. The molecule has 0 spiro atoms. The number of anilines is 1. The lowest BCUT2D eigenvalue weighted by Gasteiger charge is -2.04. The Morgan fingerprint density at radius 2 is 2.38 bits per heavy atom. The summed E-state index contributed by atoms with van der Waals surface area (Å²) >= 11 is 0. The van der Waals surface area contributed by atoms with Crippen molar-refractivity contribution in [1.29, 1.82) is 0 Å². The lowest BCUT2D eigenvalue weighted by molar-refractivity contribution is 0.252. The molecule has 0 aliphatic carbocycles. The number of carbonyl (C=O) groups is 1. The van der Waals surface area contributed by atoms with Crippen molar-refractivity contribution in [3.63, 3.8) is 0 Å². The molecule has 0 saturated carbocycles. The number of hydrogen-bond donors (Lipinski definition) is 2. The molecule has 1 rings (SSSR count). The van der Waals surface area contributed by atoms with Crippen molar-refractivity contribution >= 4 is 11.7 Å². The minimum Gasteiger partial charge on any atom is -0.338 e. The van der Waals surface area contributed by atoms with Crippen LogP contribution in [0.2, 0.25) is 0 Å². The zero-order valence-corrected chi connectivity index (χ0v) is 8.09. The minimum absolute atomic E-state index is 0.196. The monoisotopic (exact) mass is 182 g/mol. The molecule has 5 heteroatoms. The highest BCUT2D eigenvalue weighted by Crippen LogP contribution is 2.11. The first-order chi connectivity index (χ1) is 6.15. The van der Waals surface area contributed by atoms with Gasteiger partial charge in [-0.2, -0.15) is 5.10 Å². The van der Waals surface area contributed by atoms with Gasteiger partial charge in [-0.3, -0.25) is 4.68 Å². The number of nitrogens with one attached hydrogen (secondary N) is 2. The summed E-state index contributed by atoms with van der Waals surface area (Å²) in [6.07, 6.45) is 1.63. The Bertz CT molecular complexity index is 305. The van der Waals surface area contributed by atoms with Crippen molar-refractivity contribution in [3.8, 4) is 0 Å². The van der Waals surface area contributed by atoms with Crippen LogP contribution in [-0.2, 0) is 7.05 Å². The van der Waals surface area contributed by atoms with Crippen LogP contribution in [-0.4, -0.2) is 22.4 Å². The number of carbonyl (C=O) groups excluding carboxylic acids is 1. The van der Waals surface area contributed by atoms with Gasteiger partial charge in [-0.05, 0) is 13.8 Å². The van der Waals surface area contributed by atoms with E-state index in [1.165, 1.54) is 0 Å². The summed E-state index contributed by atoms with van der Waals surface area (Å²) in [4.78, 5) is 11.1. The van der Waals surface area contributed by atoms with E-state index in [1.54, 1.807) is 10.9 Å². The van der Waals surface area contributed by atoms with E-state index in [1.807, 2.05) is 20.9 Å². The van der Waals surface area contributed by atoms with Gasteiger partial charge in [-0.1, -0.05) is 0 Å². The molecule has 5 nitrogen and oxygen atoms in total. The number of aryl methyl sites for hydroxylation is 1. The minimum atomic E-state index is -0.196. The zero-order valence-electron chi connectivity index (χ0n) is 8.09. The summed E-state index contributed by atoms with van der Waals surface area (Å²) in [5, 5.41) is 9.35. The molecule has 1 aromatic heterocycles. The van der Waals surface area contributed by atoms with Crippen LogP contribution >= 0.6 is 0 Å². The summed E-state index contributed by atoms with van der Waals surface area (Å²) in [6, 6.07) is -0.196. The Morgan fingerprint density at radius 3 is 2.85 bits per heavy atom.